The fourth-order valence-corrected chi connectivity index (χ4v) is 2.63. The van der Waals surface area contributed by atoms with Crippen LogP contribution in [0.25, 0.3) is 0 Å². The maximum absolute atomic E-state index is 11.9. The Hall–Kier alpha value is -1.81. The molecule has 0 saturated carbocycles. The molecule has 0 spiro atoms. The molecule has 1 aromatic carbocycles. The lowest BCUT2D eigenvalue weighted by molar-refractivity contribution is -0.115. The number of nitrogen functional groups attached to an aromatic ring is 1. The van der Waals surface area contributed by atoms with E-state index in [-0.39, 0.29) is 5.91 Å². The van der Waals surface area contributed by atoms with Crippen LogP contribution in [0.15, 0.2) is 29.0 Å². The Morgan fingerprint density at radius 3 is 2.56 bits per heavy atom. The first-order valence-corrected chi connectivity index (χ1v) is 6.68. The van der Waals surface area contributed by atoms with Crippen LogP contribution in [0.2, 0.25) is 0 Å². The van der Waals surface area contributed by atoms with Gasteiger partial charge in [-0.1, -0.05) is 0 Å². The molecule has 2 aromatic rings. The van der Waals surface area contributed by atoms with Gasteiger partial charge in [-0.3, -0.25) is 4.79 Å². The van der Waals surface area contributed by atoms with Crippen LogP contribution in [0.4, 0.5) is 11.4 Å². The summed E-state index contributed by atoms with van der Waals surface area (Å²) in [6.45, 7) is 3.90. The van der Waals surface area contributed by atoms with Crippen LogP contribution in [0, 0.1) is 13.8 Å². The molecule has 1 amide bonds. The van der Waals surface area contributed by atoms with Gasteiger partial charge in [-0.15, -0.1) is 0 Å². The number of anilines is 2. The van der Waals surface area contributed by atoms with Crippen LogP contribution < -0.4 is 11.1 Å². The Kier molecular flexibility index (Phi) is 3.67. The van der Waals surface area contributed by atoms with Crippen LogP contribution in [0.1, 0.15) is 16.7 Å². The molecule has 3 nitrogen and oxygen atoms in total. The number of rotatable bonds is 3. The average Bonchev–Trinajstić information content (AvgIpc) is 2.76. The van der Waals surface area contributed by atoms with Crippen LogP contribution in [-0.4, -0.2) is 5.91 Å². The highest BCUT2D eigenvalue weighted by Crippen LogP contribution is 2.23. The SMILES string of the molecule is Cc1cc(N)cc(C)c1NC(=O)Cc1ccsc1. The second-order valence-corrected chi connectivity index (χ2v) is 5.17. The van der Waals surface area contributed by atoms with Gasteiger partial charge >= 0.3 is 0 Å². The van der Waals surface area contributed by atoms with Gasteiger partial charge in [0.05, 0.1) is 6.42 Å². The van der Waals surface area contributed by atoms with Gasteiger partial charge in [0.25, 0.3) is 0 Å². The minimum Gasteiger partial charge on any atom is -0.399 e. The zero-order valence-electron chi connectivity index (χ0n) is 10.5. The Bertz CT molecular complexity index is 538. The molecule has 94 valence electrons. The fraction of sp³-hybridized carbons (Fsp3) is 0.214. The summed E-state index contributed by atoms with van der Waals surface area (Å²) in [5.41, 5.74) is 10.4. The maximum Gasteiger partial charge on any atom is 0.228 e. The van der Waals surface area contributed by atoms with E-state index in [1.54, 1.807) is 11.3 Å². The Morgan fingerprint density at radius 1 is 1.33 bits per heavy atom. The van der Waals surface area contributed by atoms with Gasteiger partial charge in [-0.05, 0) is 59.5 Å². The Labute approximate surface area is 111 Å². The van der Waals surface area contributed by atoms with Crippen LogP contribution in [-0.2, 0) is 11.2 Å². The molecule has 3 N–H and O–H groups in total. The smallest absolute Gasteiger partial charge is 0.228 e. The van der Waals surface area contributed by atoms with Crippen LogP contribution in [0.3, 0.4) is 0 Å². The van der Waals surface area contributed by atoms with Crippen molar-refractivity contribution in [2.24, 2.45) is 0 Å². The summed E-state index contributed by atoms with van der Waals surface area (Å²) in [6, 6.07) is 5.70. The molecule has 0 unspecified atom stereocenters. The van der Waals surface area contributed by atoms with Crippen molar-refractivity contribution in [3.63, 3.8) is 0 Å². The third-order valence-electron chi connectivity index (χ3n) is 2.76. The van der Waals surface area contributed by atoms with Gasteiger partial charge < -0.3 is 11.1 Å². The first kappa shape index (κ1) is 12.6. The topological polar surface area (TPSA) is 55.1 Å². The lowest BCUT2D eigenvalue weighted by Crippen LogP contribution is -2.15. The second-order valence-electron chi connectivity index (χ2n) is 4.39. The number of amides is 1. The van der Waals surface area contributed by atoms with Crippen molar-refractivity contribution >= 4 is 28.6 Å². The van der Waals surface area contributed by atoms with Crippen molar-refractivity contribution in [3.8, 4) is 0 Å². The number of hydrogen-bond acceptors (Lipinski definition) is 3. The summed E-state index contributed by atoms with van der Waals surface area (Å²) >= 11 is 1.60. The van der Waals surface area contributed by atoms with E-state index in [0.717, 1.165) is 28.1 Å². The van der Waals surface area contributed by atoms with E-state index in [9.17, 15) is 4.79 Å². The molecule has 0 radical (unpaired) electrons. The third kappa shape index (κ3) is 2.90. The zero-order valence-corrected chi connectivity index (χ0v) is 11.3. The molecule has 0 aliphatic heterocycles. The van der Waals surface area contributed by atoms with E-state index in [0.29, 0.717) is 6.42 Å². The summed E-state index contributed by atoms with van der Waals surface area (Å²) in [7, 11) is 0. The zero-order chi connectivity index (χ0) is 13.1. The van der Waals surface area contributed by atoms with E-state index in [1.165, 1.54) is 0 Å². The molecular formula is C14H16N2OS. The predicted molar refractivity (Wildman–Crippen MR) is 77.0 cm³/mol. The average molecular weight is 260 g/mol. The van der Waals surface area contributed by atoms with E-state index in [1.807, 2.05) is 42.8 Å². The molecule has 1 aromatic heterocycles. The van der Waals surface area contributed by atoms with Crippen LogP contribution >= 0.6 is 11.3 Å². The van der Waals surface area contributed by atoms with E-state index in [4.69, 9.17) is 5.73 Å². The van der Waals surface area contributed by atoms with Gasteiger partial charge in [0.1, 0.15) is 0 Å². The molecule has 2 rings (SSSR count). The summed E-state index contributed by atoms with van der Waals surface area (Å²) in [4.78, 5) is 11.9. The van der Waals surface area contributed by atoms with Crippen molar-refractivity contribution in [1.29, 1.82) is 0 Å². The lowest BCUT2D eigenvalue weighted by atomic mass is 10.1. The van der Waals surface area contributed by atoms with Crippen molar-refractivity contribution in [1.82, 2.24) is 0 Å². The Balaban J connectivity index is 2.12. The molecule has 0 atom stereocenters. The molecule has 1 heterocycles. The van der Waals surface area contributed by atoms with Crippen LogP contribution in [0.5, 0.6) is 0 Å². The number of hydrogen-bond donors (Lipinski definition) is 2. The van der Waals surface area contributed by atoms with Gasteiger partial charge in [-0.25, -0.2) is 0 Å². The molecule has 4 heteroatoms. The molecule has 0 aliphatic rings. The number of nitrogens with two attached hydrogens (primary N) is 1. The Morgan fingerprint density at radius 2 is 2.00 bits per heavy atom. The molecule has 0 aliphatic carbocycles. The van der Waals surface area contributed by atoms with Crippen molar-refractivity contribution in [2.45, 2.75) is 20.3 Å². The van der Waals surface area contributed by atoms with E-state index in [2.05, 4.69) is 5.32 Å². The first-order chi connectivity index (χ1) is 8.56. The highest BCUT2D eigenvalue weighted by molar-refractivity contribution is 7.08. The van der Waals surface area contributed by atoms with Gasteiger partial charge in [0, 0.05) is 11.4 Å². The standard InChI is InChI=1S/C14H16N2OS/c1-9-5-12(15)6-10(2)14(9)16-13(17)7-11-3-4-18-8-11/h3-6,8H,7,15H2,1-2H3,(H,16,17). The number of thiophene rings is 1. The number of carbonyl (C=O) groups is 1. The summed E-state index contributed by atoms with van der Waals surface area (Å²) in [5, 5.41) is 6.92. The highest BCUT2D eigenvalue weighted by Gasteiger charge is 2.09. The van der Waals surface area contributed by atoms with Gasteiger partial charge in [0.2, 0.25) is 5.91 Å². The summed E-state index contributed by atoms with van der Waals surface area (Å²) in [5.74, 6) is 0.00405. The minimum absolute atomic E-state index is 0.00405. The van der Waals surface area contributed by atoms with Crippen molar-refractivity contribution < 1.29 is 4.79 Å². The summed E-state index contributed by atoms with van der Waals surface area (Å²) in [6.07, 6.45) is 0.409. The van der Waals surface area contributed by atoms with E-state index >= 15 is 0 Å². The monoisotopic (exact) mass is 260 g/mol. The molecule has 0 bridgehead atoms. The first-order valence-electron chi connectivity index (χ1n) is 5.74. The lowest BCUT2D eigenvalue weighted by Gasteiger charge is -2.12. The van der Waals surface area contributed by atoms with Gasteiger partial charge in [-0.2, -0.15) is 11.3 Å². The maximum atomic E-state index is 11.9. The predicted octanol–water partition coefficient (Wildman–Crippen LogP) is 3.13. The quantitative estimate of drug-likeness (QED) is 0.833. The number of nitrogens with one attached hydrogen (secondary N) is 1. The van der Waals surface area contributed by atoms with Crippen molar-refractivity contribution in [3.05, 3.63) is 45.6 Å². The molecule has 0 saturated heterocycles. The normalized spacial score (nSPS) is 10.3. The second kappa shape index (κ2) is 5.23. The van der Waals surface area contributed by atoms with E-state index < -0.39 is 0 Å². The summed E-state index contributed by atoms with van der Waals surface area (Å²) < 4.78 is 0. The minimum atomic E-state index is 0.00405. The third-order valence-corrected chi connectivity index (χ3v) is 3.50. The number of benzene rings is 1. The largest absolute Gasteiger partial charge is 0.399 e. The van der Waals surface area contributed by atoms with Crippen molar-refractivity contribution in [2.75, 3.05) is 11.1 Å². The molecule has 0 fully saturated rings. The fourth-order valence-electron chi connectivity index (χ4n) is 1.96. The molecular weight excluding hydrogens is 244 g/mol. The highest BCUT2D eigenvalue weighted by atomic mass is 32.1. The number of aryl methyl sites for hydroxylation is 2. The van der Waals surface area contributed by atoms with Gasteiger partial charge in [0.15, 0.2) is 0 Å². The molecule has 18 heavy (non-hydrogen) atoms. The number of carbonyl (C=O) groups excluding carboxylic acids is 1.